The van der Waals surface area contributed by atoms with Gasteiger partial charge in [-0.05, 0) is 142 Å². The van der Waals surface area contributed by atoms with E-state index in [4.69, 9.17) is 34.2 Å². The number of H-pyrrole nitrogens is 4. The molecule has 10 aliphatic rings. The van der Waals surface area contributed by atoms with Gasteiger partial charge in [0.2, 0.25) is 22.2 Å². The topological polar surface area (TPSA) is 268 Å². The fourth-order valence-electron chi connectivity index (χ4n) is 17.6. The number of aromatic nitrogens is 4. The number of halogens is 1. The number of nitrogens with zero attached hydrogens (tertiary/aromatic N) is 6. The zero-order valence-corrected chi connectivity index (χ0v) is 82.9. The number of aromatic amines is 4. The van der Waals surface area contributed by atoms with Crippen LogP contribution in [0.1, 0.15) is 20.8 Å². The van der Waals surface area contributed by atoms with Crippen LogP contribution in [0.4, 0.5) is 45.5 Å². The molecule has 0 aliphatic carbocycles. The number of nitrogens with two attached hydrogens (primary N) is 1. The number of fused-ring (bicyclic) bond motifs is 8. The number of hydrogen-bond acceptors (Lipinski definition) is 28. The Kier molecular flexibility index (Phi) is 30.9. The molecule has 10 aliphatic heterocycles. The van der Waals surface area contributed by atoms with E-state index in [2.05, 4.69) is 254 Å². The highest BCUT2D eigenvalue weighted by Gasteiger charge is 2.30. The van der Waals surface area contributed by atoms with E-state index in [1.165, 1.54) is 78.3 Å². The smallest absolute Gasteiger partial charge is 0.250 e. The molecule has 0 spiro atoms. The van der Waals surface area contributed by atoms with Crippen molar-refractivity contribution in [1.82, 2.24) is 29.7 Å². The maximum absolute atomic E-state index is 12.6. The molecule has 4 aromatic heterocycles. The third kappa shape index (κ3) is 23.2. The molecule has 9 N–H and O–H groups in total. The molecule has 0 saturated carbocycles. The van der Waals surface area contributed by atoms with Gasteiger partial charge < -0.3 is 89.6 Å². The molecule has 3 unspecified atom stereocenters. The summed E-state index contributed by atoms with van der Waals surface area (Å²) in [7, 11) is 0. The number of morpholine rings is 6. The third-order valence-corrected chi connectivity index (χ3v) is 35.5. The van der Waals surface area contributed by atoms with Gasteiger partial charge in [0.25, 0.3) is 0 Å². The SMILES string of the molecule is CC(CBr)Nc1ccc2c(c1)Sc1cccc(-c3cc(N4CCOCC4)cc(=O)[nH]3)c1S2.CC(CN1CCOCC1)Nc1ccc2c(c1)Sc1cccc(-c3cc(N4CCOCC4)cc(=O)[nH]3)c1S2.CC(CN1CCOCC1)Nc1ccc2c(c1)Sc1cccc(-c3cc(N4CCOCC4)cc(=O)[nH]3)c1S2.Nc1ccc2c(c1)Sc1cccc(-c3cc(N4CCOCC4)cc(=O)[nH]3)c1S2. The first-order chi connectivity index (χ1) is 65.5. The highest BCUT2D eigenvalue weighted by atomic mass is 79.9. The minimum absolute atomic E-state index is 0.0765. The van der Waals surface area contributed by atoms with Crippen molar-refractivity contribution in [3.05, 3.63) is 236 Å². The normalized spacial score (nSPS) is 17.5. The van der Waals surface area contributed by atoms with Gasteiger partial charge in [0.15, 0.2) is 0 Å². The van der Waals surface area contributed by atoms with E-state index in [1.54, 1.807) is 118 Å². The third-order valence-electron chi connectivity index (χ3n) is 24.2. The summed E-state index contributed by atoms with van der Waals surface area (Å²) in [5.74, 6) is 0. The van der Waals surface area contributed by atoms with Gasteiger partial charge in [0.1, 0.15) is 0 Å². The first kappa shape index (κ1) is 93.9. The Bertz CT molecular complexity index is 6270. The van der Waals surface area contributed by atoms with Gasteiger partial charge in [-0.25, -0.2) is 0 Å². The molecule has 696 valence electrons. The van der Waals surface area contributed by atoms with Crippen molar-refractivity contribution in [2.75, 3.05) is 218 Å². The number of pyridine rings is 4. The van der Waals surface area contributed by atoms with E-state index < -0.39 is 0 Å². The second kappa shape index (κ2) is 44.2. The number of hydrogen-bond donors (Lipinski definition) is 8. The molecule has 12 aromatic rings. The van der Waals surface area contributed by atoms with E-state index in [1.807, 2.05) is 18.2 Å². The Labute approximate surface area is 822 Å². The van der Waals surface area contributed by atoms with Gasteiger partial charge >= 0.3 is 0 Å². The molecule has 22 rings (SSSR count). The predicted octanol–water partition coefficient (Wildman–Crippen LogP) is 19.0. The van der Waals surface area contributed by atoms with Gasteiger partial charge in [-0.15, -0.1) is 0 Å². The van der Waals surface area contributed by atoms with Crippen LogP contribution >= 0.6 is 110 Å². The van der Waals surface area contributed by atoms with Gasteiger partial charge in [-0.2, -0.15) is 0 Å². The number of benzene rings is 8. The Morgan fingerprint density at radius 1 is 0.299 bits per heavy atom. The van der Waals surface area contributed by atoms with Crippen LogP contribution in [0, 0.1) is 0 Å². The number of ether oxygens (including phenoxy) is 6. The van der Waals surface area contributed by atoms with Crippen molar-refractivity contribution >= 4 is 156 Å². The average molecular weight is 2010 g/mol. The van der Waals surface area contributed by atoms with Crippen LogP contribution in [-0.4, -0.2) is 224 Å². The Morgan fingerprint density at radius 3 is 0.828 bits per heavy atom. The molecule has 14 heterocycles. The number of anilines is 8. The van der Waals surface area contributed by atoms with Crippen LogP contribution in [0.15, 0.2) is 292 Å². The van der Waals surface area contributed by atoms with E-state index in [0.717, 1.165) is 214 Å². The summed E-state index contributed by atoms with van der Waals surface area (Å²) < 4.78 is 32.8. The van der Waals surface area contributed by atoms with Crippen LogP contribution in [0.3, 0.4) is 0 Å². The van der Waals surface area contributed by atoms with Gasteiger partial charge in [-0.3, -0.25) is 29.0 Å². The second-order valence-corrected chi connectivity index (χ2v) is 43.2. The summed E-state index contributed by atoms with van der Waals surface area (Å²) in [5, 5.41) is 11.8. The lowest BCUT2D eigenvalue weighted by Gasteiger charge is -2.30. The maximum Gasteiger partial charge on any atom is 0.250 e. The summed E-state index contributed by atoms with van der Waals surface area (Å²) >= 11 is 17.7. The highest BCUT2D eigenvalue weighted by molar-refractivity contribution is 9.09. The van der Waals surface area contributed by atoms with E-state index in [-0.39, 0.29) is 22.2 Å². The van der Waals surface area contributed by atoms with Crippen LogP contribution in [0.25, 0.3) is 45.0 Å². The molecular formula is C101H107BrN14O10S8. The van der Waals surface area contributed by atoms with Crippen molar-refractivity contribution in [2.24, 2.45) is 0 Å². The quantitative estimate of drug-likeness (QED) is 0.0276. The monoisotopic (exact) mass is 2010 g/mol. The summed E-state index contributed by atoms with van der Waals surface area (Å²) in [6.45, 7) is 27.9. The molecular weight excluding hydrogens is 1910 g/mol. The van der Waals surface area contributed by atoms with E-state index in [0.29, 0.717) is 71.0 Å². The van der Waals surface area contributed by atoms with Crippen molar-refractivity contribution in [3.63, 3.8) is 0 Å². The minimum Gasteiger partial charge on any atom is -0.399 e. The number of rotatable bonds is 19. The molecule has 6 saturated heterocycles. The number of nitrogen functional groups attached to an aromatic ring is 1. The minimum atomic E-state index is -0.0850. The molecule has 24 nitrogen and oxygen atoms in total. The van der Waals surface area contributed by atoms with Crippen LogP contribution in [-0.2, 0) is 28.4 Å². The Hall–Kier alpha value is -9.08. The lowest BCUT2D eigenvalue weighted by molar-refractivity contribution is 0.0367. The largest absolute Gasteiger partial charge is 0.399 e. The molecule has 0 radical (unpaired) electrons. The molecule has 3 atom stereocenters. The van der Waals surface area contributed by atoms with E-state index >= 15 is 0 Å². The molecule has 134 heavy (non-hydrogen) atoms. The van der Waals surface area contributed by atoms with Crippen molar-refractivity contribution < 1.29 is 28.4 Å². The lowest BCUT2D eigenvalue weighted by atomic mass is 10.1. The summed E-state index contributed by atoms with van der Waals surface area (Å²) in [6, 6.07) is 67.3. The predicted molar refractivity (Wildman–Crippen MR) is 553 cm³/mol. The van der Waals surface area contributed by atoms with E-state index in [9.17, 15) is 19.2 Å². The number of alkyl halides is 1. The first-order valence-corrected chi connectivity index (χ1v) is 53.2. The second-order valence-electron chi connectivity index (χ2n) is 34.0. The zero-order chi connectivity index (χ0) is 91.5. The van der Waals surface area contributed by atoms with Crippen LogP contribution in [0.2, 0.25) is 0 Å². The summed E-state index contributed by atoms with van der Waals surface area (Å²) in [5.41, 5.74) is 21.3. The molecule has 0 bridgehead atoms. The van der Waals surface area contributed by atoms with Gasteiger partial charge in [-0.1, -0.05) is 159 Å². The molecule has 8 aromatic carbocycles. The highest BCUT2D eigenvalue weighted by Crippen LogP contribution is 2.57. The van der Waals surface area contributed by atoms with Crippen molar-refractivity contribution in [3.8, 4) is 45.0 Å². The lowest BCUT2D eigenvalue weighted by Crippen LogP contribution is -2.42. The molecule has 33 heteroatoms. The van der Waals surface area contributed by atoms with Crippen LogP contribution < -0.4 is 63.5 Å². The average Bonchev–Trinajstić information content (AvgIpc) is 0.776. The van der Waals surface area contributed by atoms with Gasteiger partial charge in [0, 0.05) is 285 Å². The number of nitrogens with one attached hydrogen (secondary N) is 7. The maximum atomic E-state index is 12.6. The standard InChI is InChI=1S/2C28H32N4O3S2.C24H24BrN3O2S2.C21H19N3O2S2/c2*1-19(18-31-7-11-34-12-8-31)29-20-5-6-24-26(15-20)36-25-4-2-3-22(28(25)37-24)23-16-21(17-27(33)30-23)32-9-13-35-14-10-32;1-15(14-25)26-16-5-6-20-22(11-16)31-21-4-2-3-18(24(21)32-20)19-12-17(13-23(29)27-19)28-7-9-30-10-8-28;22-13-4-5-17-19(10-13)27-18-3-1-2-15(21(18)28-17)16-11-14(12-20(25)23-16)24-6-8-26-9-7-24/h2*2-6,15-17,19,29H,7-14,18H2,1H3,(H,30,33);2-6,11-13,15,26H,7-10,14H2,1H3,(H,27,29);1-5,10-12H,6-9,22H2,(H,23,25). The first-order valence-electron chi connectivity index (χ1n) is 45.5. The summed E-state index contributed by atoms with van der Waals surface area (Å²) in [6.07, 6.45) is 0. The van der Waals surface area contributed by atoms with Crippen LogP contribution in [0.5, 0.6) is 0 Å². The Balaban J connectivity index is 0.000000116. The van der Waals surface area contributed by atoms with Gasteiger partial charge in [0.05, 0.1) is 102 Å². The molecule has 0 amide bonds. The van der Waals surface area contributed by atoms with Crippen molar-refractivity contribution in [2.45, 2.75) is 117 Å². The molecule has 6 fully saturated rings. The summed E-state index contributed by atoms with van der Waals surface area (Å²) in [4.78, 5) is 95.6. The zero-order valence-electron chi connectivity index (χ0n) is 74.8. The Morgan fingerprint density at radius 2 is 0.552 bits per heavy atom. The van der Waals surface area contributed by atoms with Crippen molar-refractivity contribution in [1.29, 1.82) is 0 Å². The fraction of sp³-hybridized carbons (Fsp3) is 0.327. The fourth-order valence-corrected chi connectivity index (χ4v) is 27.4.